The maximum absolute atomic E-state index is 4.42. The van der Waals surface area contributed by atoms with Gasteiger partial charge in [0.25, 0.3) is 0 Å². The van der Waals surface area contributed by atoms with Crippen LogP contribution in [0.4, 0.5) is 0 Å². The number of halogens is 1. The molecule has 0 fully saturated rings. The zero-order valence-corrected chi connectivity index (χ0v) is 10.2. The van der Waals surface area contributed by atoms with E-state index in [0.29, 0.717) is 0 Å². The molecule has 0 aromatic carbocycles. The maximum Gasteiger partial charge on any atom is 0.0713 e. The lowest BCUT2D eigenvalue weighted by molar-refractivity contribution is 1.22. The molecular formula is C13H12BrN. The molecule has 0 atom stereocenters. The van der Waals surface area contributed by atoms with Crippen LogP contribution in [0.2, 0.25) is 0 Å². The third kappa shape index (κ3) is 2.45. The van der Waals surface area contributed by atoms with E-state index in [9.17, 15) is 0 Å². The second kappa shape index (κ2) is 4.58. The topological polar surface area (TPSA) is 12.9 Å². The van der Waals surface area contributed by atoms with E-state index >= 15 is 0 Å². The highest BCUT2D eigenvalue weighted by Gasteiger charge is 2.02. The molecule has 1 aliphatic rings. The molecule has 1 aromatic rings. The van der Waals surface area contributed by atoms with E-state index < -0.39 is 0 Å². The largest absolute Gasteiger partial charge is 0.256 e. The Morgan fingerprint density at radius 2 is 2.20 bits per heavy atom. The molecule has 0 saturated heterocycles. The third-order valence-corrected chi connectivity index (χ3v) is 3.17. The minimum Gasteiger partial charge on any atom is -0.256 e. The second-order valence-electron chi connectivity index (χ2n) is 3.51. The van der Waals surface area contributed by atoms with Gasteiger partial charge in [-0.1, -0.05) is 46.3 Å². The molecule has 0 amide bonds. The van der Waals surface area contributed by atoms with Crippen LogP contribution in [-0.4, -0.2) is 4.98 Å². The molecule has 0 N–H and O–H groups in total. The average molecular weight is 262 g/mol. The Kier molecular flexibility index (Phi) is 3.17. The van der Waals surface area contributed by atoms with Gasteiger partial charge >= 0.3 is 0 Å². The van der Waals surface area contributed by atoms with Crippen LogP contribution in [0.15, 0.2) is 47.1 Å². The van der Waals surface area contributed by atoms with Crippen molar-refractivity contribution in [2.24, 2.45) is 0 Å². The fraction of sp³-hybridized carbons (Fsp3) is 0.154. The monoisotopic (exact) mass is 261 g/mol. The fourth-order valence-electron chi connectivity index (χ4n) is 1.41. The molecule has 0 unspecified atom stereocenters. The lowest BCUT2D eigenvalue weighted by Gasteiger charge is -2.03. The van der Waals surface area contributed by atoms with Crippen LogP contribution in [0.1, 0.15) is 17.7 Å². The summed E-state index contributed by atoms with van der Waals surface area (Å²) in [7, 11) is 0. The number of aryl methyl sites for hydroxylation is 1. The van der Waals surface area contributed by atoms with Crippen molar-refractivity contribution in [3.8, 4) is 0 Å². The minimum absolute atomic E-state index is 0.993. The highest BCUT2D eigenvalue weighted by atomic mass is 79.9. The van der Waals surface area contributed by atoms with E-state index in [-0.39, 0.29) is 0 Å². The van der Waals surface area contributed by atoms with Crippen molar-refractivity contribution in [1.29, 1.82) is 0 Å². The van der Waals surface area contributed by atoms with E-state index in [1.165, 1.54) is 0 Å². The number of hydrogen-bond acceptors (Lipinski definition) is 1. The minimum atomic E-state index is 0.993. The molecule has 15 heavy (non-hydrogen) atoms. The Hall–Kier alpha value is -1.15. The second-order valence-corrected chi connectivity index (χ2v) is 4.36. The molecule has 1 heterocycles. The molecule has 0 aliphatic heterocycles. The van der Waals surface area contributed by atoms with E-state index in [1.54, 1.807) is 0 Å². The summed E-state index contributed by atoms with van der Waals surface area (Å²) in [5.41, 5.74) is 3.33. The fourth-order valence-corrected chi connectivity index (χ4v) is 1.73. The summed E-state index contributed by atoms with van der Waals surface area (Å²) in [6.07, 6.45) is 13.4. The van der Waals surface area contributed by atoms with E-state index in [1.807, 2.05) is 13.1 Å². The Morgan fingerprint density at radius 1 is 1.33 bits per heavy atom. The van der Waals surface area contributed by atoms with Gasteiger partial charge in [-0.2, -0.15) is 0 Å². The van der Waals surface area contributed by atoms with Gasteiger partial charge in [0.1, 0.15) is 0 Å². The molecule has 2 heteroatoms. The molecule has 0 spiro atoms. The van der Waals surface area contributed by atoms with E-state index in [4.69, 9.17) is 0 Å². The predicted molar refractivity (Wildman–Crippen MR) is 67.5 cm³/mol. The van der Waals surface area contributed by atoms with Crippen LogP contribution in [0.3, 0.4) is 0 Å². The molecule has 1 aliphatic carbocycles. The Morgan fingerprint density at radius 3 is 3.00 bits per heavy atom. The van der Waals surface area contributed by atoms with Crippen molar-refractivity contribution in [3.05, 3.63) is 58.4 Å². The number of hydrogen-bond donors (Lipinski definition) is 0. The first-order valence-electron chi connectivity index (χ1n) is 4.93. The number of aromatic nitrogens is 1. The Labute approximate surface area is 98.4 Å². The van der Waals surface area contributed by atoms with Gasteiger partial charge in [-0.25, -0.2) is 0 Å². The summed E-state index contributed by atoms with van der Waals surface area (Å²) in [6, 6.07) is 2.06. The summed E-state index contributed by atoms with van der Waals surface area (Å²) >= 11 is 3.52. The first-order chi connectivity index (χ1) is 7.27. The zero-order valence-electron chi connectivity index (χ0n) is 8.57. The van der Waals surface area contributed by atoms with E-state index in [0.717, 1.165) is 27.7 Å². The maximum atomic E-state index is 4.42. The van der Waals surface area contributed by atoms with Crippen molar-refractivity contribution < 1.29 is 0 Å². The number of pyridine rings is 1. The summed E-state index contributed by atoms with van der Waals surface area (Å²) in [6.45, 7) is 2.04. The Bertz CT molecular complexity index is 456. The smallest absolute Gasteiger partial charge is 0.0713 e. The quantitative estimate of drug-likeness (QED) is 0.744. The van der Waals surface area contributed by atoms with Crippen molar-refractivity contribution in [1.82, 2.24) is 4.98 Å². The van der Waals surface area contributed by atoms with Crippen LogP contribution < -0.4 is 0 Å². The van der Waals surface area contributed by atoms with Gasteiger partial charge in [-0.05, 0) is 30.5 Å². The first-order valence-corrected chi connectivity index (χ1v) is 5.72. The van der Waals surface area contributed by atoms with Gasteiger partial charge in [-0.3, -0.25) is 4.98 Å². The molecule has 0 radical (unpaired) electrons. The number of allylic oxidation sites excluding steroid dienone is 6. The van der Waals surface area contributed by atoms with Crippen molar-refractivity contribution in [2.45, 2.75) is 13.3 Å². The molecule has 0 bridgehead atoms. The van der Waals surface area contributed by atoms with Gasteiger partial charge in [0, 0.05) is 10.7 Å². The van der Waals surface area contributed by atoms with Gasteiger partial charge in [0.2, 0.25) is 0 Å². The summed E-state index contributed by atoms with van der Waals surface area (Å²) in [4.78, 5) is 4.42. The summed E-state index contributed by atoms with van der Waals surface area (Å²) < 4.78 is 1.11. The average Bonchev–Trinajstić information content (AvgIpc) is 2.50. The highest BCUT2D eigenvalue weighted by Crippen LogP contribution is 2.22. The van der Waals surface area contributed by atoms with Crippen LogP contribution in [0.5, 0.6) is 0 Å². The standard InChI is InChI=1S/C13H12BrN/c1-10-9-15-13(8-12(10)14)11-6-4-2-3-5-7-11/h2,4-9H,3H2,1H3. The number of rotatable bonds is 1. The molecular weight excluding hydrogens is 250 g/mol. The first kappa shape index (κ1) is 10.4. The predicted octanol–water partition coefficient (Wildman–Crippen LogP) is 4.05. The van der Waals surface area contributed by atoms with Gasteiger partial charge < -0.3 is 0 Å². The summed E-state index contributed by atoms with van der Waals surface area (Å²) in [5, 5.41) is 0. The molecule has 2 rings (SSSR count). The highest BCUT2D eigenvalue weighted by molar-refractivity contribution is 9.10. The Balaban J connectivity index is 2.41. The normalized spacial score (nSPS) is 14.9. The van der Waals surface area contributed by atoms with Gasteiger partial charge in [0.15, 0.2) is 0 Å². The molecule has 1 aromatic heterocycles. The third-order valence-electron chi connectivity index (χ3n) is 2.31. The lowest BCUT2D eigenvalue weighted by atomic mass is 10.1. The number of nitrogens with zero attached hydrogens (tertiary/aromatic N) is 1. The van der Waals surface area contributed by atoms with Gasteiger partial charge in [0.05, 0.1) is 5.69 Å². The molecule has 0 saturated carbocycles. The zero-order chi connectivity index (χ0) is 10.7. The molecule has 76 valence electrons. The summed E-state index contributed by atoms with van der Waals surface area (Å²) in [5.74, 6) is 0. The lowest BCUT2D eigenvalue weighted by Crippen LogP contribution is -1.88. The van der Waals surface area contributed by atoms with E-state index in [2.05, 4.69) is 57.4 Å². The van der Waals surface area contributed by atoms with Crippen LogP contribution in [0.25, 0.3) is 5.57 Å². The van der Waals surface area contributed by atoms with Gasteiger partial charge in [-0.15, -0.1) is 0 Å². The van der Waals surface area contributed by atoms with Crippen LogP contribution in [-0.2, 0) is 0 Å². The van der Waals surface area contributed by atoms with Crippen molar-refractivity contribution >= 4 is 21.5 Å². The molecule has 1 nitrogen and oxygen atoms in total. The van der Waals surface area contributed by atoms with Crippen LogP contribution >= 0.6 is 15.9 Å². The van der Waals surface area contributed by atoms with Crippen LogP contribution in [0, 0.1) is 6.92 Å². The SMILES string of the molecule is Cc1cnc(C2=CC=CCC=C2)cc1Br. The van der Waals surface area contributed by atoms with Crippen molar-refractivity contribution in [2.75, 3.05) is 0 Å². The van der Waals surface area contributed by atoms with Crippen molar-refractivity contribution in [3.63, 3.8) is 0 Å².